The molecule has 188 valence electrons. The molecule has 4 aromatic rings. The molecular formula is C27H24Cl2N6O2. The van der Waals surface area contributed by atoms with Crippen molar-refractivity contribution < 1.29 is 9.53 Å². The largest absolute Gasteiger partial charge is 0.489 e. The summed E-state index contributed by atoms with van der Waals surface area (Å²) in [5.74, 6) is 0.851. The molecule has 0 radical (unpaired) electrons. The highest BCUT2D eigenvalue weighted by Gasteiger charge is 2.34. The Balaban J connectivity index is 1.42. The van der Waals surface area contributed by atoms with Crippen molar-refractivity contribution in [3.8, 4) is 5.75 Å². The Morgan fingerprint density at radius 1 is 1.05 bits per heavy atom. The first kappa shape index (κ1) is 24.8. The van der Waals surface area contributed by atoms with E-state index in [-0.39, 0.29) is 12.5 Å². The van der Waals surface area contributed by atoms with E-state index in [1.165, 1.54) is 0 Å². The van der Waals surface area contributed by atoms with Gasteiger partial charge < -0.3 is 15.4 Å². The lowest BCUT2D eigenvalue weighted by Crippen LogP contribution is -2.31. The lowest BCUT2D eigenvalue weighted by atomic mass is 9.94. The number of halogens is 2. The number of carbonyl (C=O) groups excluding carboxylic acids is 1. The molecule has 1 atom stereocenters. The highest BCUT2D eigenvalue weighted by atomic mass is 35.5. The third kappa shape index (κ3) is 5.03. The molecule has 0 spiro atoms. The van der Waals surface area contributed by atoms with Crippen LogP contribution in [0.1, 0.15) is 35.2 Å². The maximum absolute atomic E-state index is 13.6. The number of benzene rings is 3. The number of aryl methyl sites for hydroxylation is 2. The van der Waals surface area contributed by atoms with Crippen LogP contribution in [-0.2, 0) is 11.4 Å². The van der Waals surface area contributed by atoms with Crippen LogP contribution in [-0.4, -0.2) is 26.1 Å². The number of carbonyl (C=O) groups is 1. The van der Waals surface area contributed by atoms with Crippen molar-refractivity contribution in [1.29, 1.82) is 0 Å². The van der Waals surface area contributed by atoms with E-state index in [9.17, 15) is 4.79 Å². The van der Waals surface area contributed by atoms with Crippen molar-refractivity contribution >= 4 is 40.7 Å². The lowest BCUT2D eigenvalue weighted by Gasteiger charge is -2.28. The number of fused-ring (bicyclic) bond motifs is 1. The molecule has 1 amide bonds. The second-order valence-electron chi connectivity index (χ2n) is 8.84. The van der Waals surface area contributed by atoms with Gasteiger partial charge in [0, 0.05) is 27.0 Å². The van der Waals surface area contributed by atoms with Crippen LogP contribution in [0, 0.1) is 13.8 Å². The quantitative estimate of drug-likeness (QED) is 0.310. The SMILES string of the molecule is CC1=C(C(=O)Nc2ccc(C)cc2C)[C@H](c2ccc(OCc3c(Cl)cccc3Cl)cc2)n2nnnc2N1. The van der Waals surface area contributed by atoms with E-state index in [0.717, 1.165) is 27.9 Å². The molecule has 1 aliphatic heterocycles. The Hall–Kier alpha value is -3.88. The number of amides is 1. The summed E-state index contributed by atoms with van der Waals surface area (Å²) in [7, 11) is 0. The fraction of sp³-hybridized carbons (Fsp3) is 0.185. The number of ether oxygens (including phenoxy) is 1. The second kappa shape index (κ2) is 10.2. The first-order valence-corrected chi connectivity index (χ1v) is 12.4. The summed E-state index contributed by atoms with van der Waals surface area (Å²) in [6.07, 6.45) is 0. The maximum Gasteiger partial charge on any atom is 0.255 e. The van der Waals surface area contributed by atoms with Crippen molar-refractivity contribution in [2.24, 2.45) is 0 Å². The summed E-state index contributed by atoms with van der Waals surface area (Å²) in [6, 6.07) is 18.2. The van der Waals surface area contributed by atoms with E-state index >= 15 is 0 Å². The smallest absolute Gasteiger partial charge is 0.255 e. The first-order valence-electron chi connectivity index (χ1n) is 11.6. The van der Waals surface area contributed by atoms with E-state index < -0.39 is 6.04 Å². The minimum Gasteiger partial charge on any atom is -0.489 e. The lowest BCUT2D eigenvalue weighted by molar-refractivity contribution is -0.113. The molecule has 0 bridgehead atoms. The second-order valence-corrected chi connectivity index (χ2v) is 9.66. The molecule has 1 aromatic heterocycles. The van der Waals surface area contributed by atoms with Gasteiger partial charge in [-0.2, -0.15) is 4.68 Å². The van der Waals surface area contributed by atoms with Gasteiger partial charge in [-0.05, 0) is 72.7 Å². The molecule has 0 saturated heterocycles. The molecule has 8 nitrogen and oxygen atoms in total. The van der Waals surface area contributed by atoms with E-state index in [4.69, 9.17) is 27.9 Å². The van der Waals surface area contributed by atoms with Crippen LogP contribution in [0.4, 0.5) is 11.6 Å². The molecule has 10 heteroatoms. The number of hydrogen-bond donors (Lipinski definition) is 2. The molecule has 0 aliphatic carbocycles. The van der Waals surface area contributed by atoms with E-state index in [0.29, 0.717) is 33.0 Å². The molecule has 2 heterocycles. The average Bonchev–Trinajstić information content (AvgIpc) is 3.33. The number of anilines is 2. The molecule has 0 unspecified atom stereocenters. The molecule has 0 saturated carbocycles. The minimum atomic E-state index is -0.538. The Morgan fingerprint density at radius 2 is 1.78 bits per heavy atom. The Labute approximate surface area is 224 Å². The predicted molar refractivity (Wildman–Crippen MR) is 144 cm³/mol. The van der Waals surface area contributed by atoms with E-state index in [1.807, 2.05) is 63.2 Å². The third-order valence-electron chi connectivity index (χ3n) is 6.23. The van der Waals surface area contributed by atoms with Gasteiger partial charge in [-0.25, -0.2) is 0 Å². The number of tetrazole rings is 1. The number of aromatic nitrogens is 4. The van der Waals surface area contributed by atoms with Gasteiger partial charge in [0.2, 0.25) is 5.95 Å². The summed E-state index contributed by atoms with van der Waals surface area (Å²) in [6.45, 7) is 6.05. The van der Waals surface area contributed by atoms with Crippen LogP contribution >= 0.6 is 23.2 Å². The van der Waals surface area contributed by atoms with Crippen molar-refractivity contribution in [2.45, 2.75) is 33.4 Å². The zero-order valence-corrected chi connectivity index (χ0v) is 21.9. The van der Waals surface area contributed by atoms with Gasteiger partial charge in [-0.15, -0.1) is 0 Å². The van der Waals surface area contributed by atoms with Crippen LogP contribution in [0.2, 0.25) is 10.0 Å². The molecule has 2 N–H and O–H groups in total. The van der Waals surface area contributed by atoms with Gasteiger partial charge in [-0.3, -0.25) is 4.79 Å². The topological polar surface area (TPSA) is 94.0 Å². The van der Waals surface area contributed by atoms with Crippen LogP contribution < -0.4 is 15.4 Å². The molecular weight excluding hydrogens is 511 g/mol. The number of nitrogens with one attached hydrogen (secondary N) is 2. The van der Waals surface area contributed by atoms with Crippen molar-refractivity contribution in [2.75, 3.05) is 10.6 Å². The Morgan fingerprint density at radius 3 is 2.49 bits per heavy atom. The standard InChI is InChI=1S/C27H24Cl2N6O2/c1-15-7-12-23(16(2)13-15)31-26(36)24-17(3)30-27-32-33-34-35(27)25(24)18-8-10-19(11-9-18)37-14-20-21(28)5-4-6-22(20)29/h4-13,25H,14H2,1-3H3,(H,31,36)(H,30,32,34)/t25-/m0/s1. The Bertz CT molecular complexity index is 1490. The van der Waals surface area contributed by atoms with E-state index in [1.54, 1.807) is 22.9 Å². The van der Waals surface area contributed by atoms with Crippen molar-refractivity contribution in [1.82, 2.24) is 20.2 Å². The summed E-state index contributed by atoms with van der Waals surface area (Å²) >= 11 is 12.5. The van der Waals surface area contributed by atoms with Gasteiger partial charge in [0.15, 0.2) is 0 Å². The number of nitrogens with zero attached hydrogens (tertiary/aromatic N) is 4. The monoisotopic (exact) mass is 534 g/mol. The zero-order chi connectivity index (χ0) is 26.1. The minimum absolute atomic E-state index is 0.227. The highest BCUT2D eigenvalue weighted by Crippen LogP contribution is 2.36. The van der Waals surface area contributed by atoms with Crippen LogP contribution in [0.25, 0.3) is 0 Å². The van der Waals surface area contributed by atoms with Crippen LogP contribution in [0.15, 0.2) is 71.9 Å². The molecule has 1 aliphatic rings. The van der Waals surface area contributed by atoms with Gasteiger partial charge >= 0.3 is 0 Å². The molecule has 5 rings (SSSR count). The summed E-state index contributed by atoms with van der Waals surface area (Å²) in [5.41, 5.74) is 5.58. The van der Waals surface area contributed by atoms with Crippen LogP contribution in [0.3, 0.4) is 0 Å². The van der Waals surface area contributed by atoms with Crippen molar-refractivity contribution in [3.63, 3.8) is 0 Å². The number of rotatable bonds is 6. The van der Waals surface area contributed by atoms with Crippen LogP contribution in [0.5, 0.6) is 5.75 Å². The van der Waals surface area contributed by atoms with Gasteiger partial charge in [-0.1, -0.05) is 64.2 Å². The first-order chi connectivity index (χ1) is 17.8. The third-order valence-corrected chi connectivity index (χ3v) is 6.94. The number of allylic oxidation sites excluding steroid dienone is 1. The van der Waals surface area contributed by atoms with E-state index in [2.05, 4.69) is 26.2 Å². The summed E-state index contributed by atoms with van der Waals surface area (Å²) in [5, 5.41) is 19.3. The van der Waals surface area contributed by atoms with Gasteiger partial charge in [0.1, 0.15) is 18.4 Å². The summed E-state index contributed by atoms with van der Waals surface area (Å²) in [4.78, 5) is 13.6. The Kier molecular flexibility index (Phi) is 6.86. The highest BCUT2D eigenvalue weighted by molar-refractivity contribution is 6.35. The number of hydrogen-bond acceptors (Lipinski definition) is 6. The molecule has 37 heavy (non-hydrogen) atoms. The van der Waals surface area contributed by atoms with Gasteiger partial charge in [0.05, 0.1) is 5.57 Å². The normalized spacial score (nSPS) is 14.7. The maximum atomic E-state index is 13.6. The van der Waals surface area contributed by atoms with Crippen molar-refractivity contribution in [3.05, 3.63) is 104 Å². The predicted octanol–water partition coefficient (Wildman–Crippen LogP) is 6.10. The molecule has 3 aromatic carbocycles. The fourth-order valence-corrected chi connectivity index (χ4v) is 4.84. The fourth-order valence-electron chi connectivity index (χ4n) is 4.33. The average molecular weight is 535 g/mol. The van der Waals surface area contributed by atoms with Gasteiger partial charge in [0.25, 0.3) is 5.91 Å². The summed E-state index contributed by atoms with van der Waals surface area (Å²) < 4.78 is 7.53. The molecule has 0 fully saturated rings. The zero-order valence-electron chi connectivity index (χ0n) is 20.4.